The number of rotatable bonds is 8. The van der Waals surface area contributed by atoms with E-state index in [0.29, 0.717) is 29.7 Å². The summed E-state index contributed by atoms with van der Waals surface area (Å²) in [5.41, 5.74) is 0.997. The standard InChI is InChI=1S/C20H18F6N6O2.C6H10F2.C3H6/c21-19(22,23)3-1-17(33)28-8-12-5-16-31-15(11-32(16)30-9-12)10-29-18(34)13-2-4-27-14(6-13)7-20(24,25)26;7-6(8)4-2-1-3-5-6;1-2-3-1/h2,4-6,9,11H,1,3,7-8,10H2,(H,28,33)(H,29,34);1-5H2;1-3H2. The van der Waals surface area contributed by atoms with Crippen molar-refractivity contribution in [2.45, 2.75) is 102 Å². The number of hydrogen-bond donors (Lipinski definition) is 2. The summed E-state index contributed by atoms with van der Waals surface area (Å²) in [6, 6.07) is 3.91. The molecule has 0 aromatic carbocycles. The number of halogens is 8. The molecule has 2 N–H and O–H groups in total. The fraction of sp³-hybridized carbons (Fsp3) is 0.552. The van der Waals surface area contributed by atoms with Gasteiger partial charge in [-0.2, -0.15) is 31.4 Å². The first-order valence-corrected chi connectivity index (χ1v) is 14.4. The van der Waals surface area contributed by atoms with Crippen LogP contribution in [0.2, 0.25) is 0 Å². The lowest BCUT2D eigenvalue weighted by molar-refractivity contribution is -0.144. The maximum atomic E-state index is 12.5. The molecule has 5 rings (SSSR count). The predicted molar refractivity (Wildman–Crippen MR) is 147 cm³/mol. The molecular weight excluding hydrogens is 616 g/mol. The second kappa shape index (κ2) is 15.9. The zero-order chi connectivity index (χ0) is 33.1. The van der Waals surface area contributed by atoms with Crippen LogP contribution in [-0.4, -0.2) is 49.7 Å². The summed E-state index contributed by atoms with van der Waals surface area (Å²) in [4.78, 5) is 31.7. The molecule has 3 aromatic heterocycles. The third kappa shape index (κ3) is 14.7. The van der Waals surface area contributed by atoms with Crippen molar-refractivity contribution in [1.29, 1.82) is 0 Å². The van der Waals surface area contributed by atoms with Crippen LogP contribution >= 0.6 is 0 Å². The molecule has 2 aliphatic rings. The van der Waals surface area contributed by atoms with Crippen LogP contribution in [0.25, 0.3) is 5.65 Å². The monoisotopic (exact) mass is 650 g/mol. The molecule has 0 saturated heterocycles. The number of alkyl halides is 8. The lowest BCUT2D eigenvalue weighted by atomic mass is 9.97. The fourth-order valence-electron chi connectivity index (χ4n) is 3.95. The number of aromatic nitrogens is 4. The first-order chi connectivity index (χ1) is 21.1. The van der Waals surface area contributed by atoms with E-state index in [0.717, 1.165) is 18.7 Å². The van der Waals surface area contributed by atoms with E-state index in [2.05, 4.69) is 25.7 Å². The van der Waals surface area contributed by atoms with E-state index in [1.165, 1.54) is 42.2 Å². The number of pyridine rings is 1. The van der Waals surface area contributed by atoms with Gasteiger partial charge in [-0.25, -0.2) is 18.3 Å². The third-order valence-corrected chi connectivity index (χ3v) is 6.38. The maximum Gasteiger partial charge on any atom is 0.394 e. The lowest BCUT2D eigenvalue weighted by Crippen LogP contribution is -2.24. The minimum atomic E-state index is -4.45. The SMILES string of the molecule is C1CC1.FC1(F)CCCCC1.O=C(CCC(F)(F)F)NCc1cnn2cc(CNC(=O)c3ccnc(CC(F)(F)F)c3)nc2c1. The second-order valence-corrected chi connectivity index (χ2v) is 10.8. The quantitative estimate of drug-likeness (QED) is 0.259. The summed E-state index contributed by atoms with van der Waals surface area (Å²) in [6.07, 6.45) is -0.806. The molecule has 8 nitrogen and oxygen atoms in total. The first-order valence-electron chi connectivity index (χ1n) is 14.4. The van der Waals surface area contributed by atoms with Crippen LogP contribution in [0.15, 0.2) is 36.8 Å². The molecule has 0 atom stereocenters. The summed E-state index contributed by atoms with van der Waals surface area (Å²) in [6.45, 7) is -0.0793. The molecule has 2 amide bonds. The van der Waals surface area contributed by atoms with Crippen LogP contribution in [0.1, 0.15) is 91.5 Å². The third-order valence-electron chi connectivity index (χ3n) is 6.38. The molecule has 2 saturated carbocycles. The summed E-state index contributed by atoms with van der Waals surface area (Å²) >= 11 is 0. The van der Waals surface area contributed by atoms with Crippen LogP contribution in [0.4, 0.5) is 35.1 Å². The van der Waals surface area contributed by atoms with Gasteiger partial charge in [-0.05, 0) is 36.6 Å². The van der Waals surface area contributed by atoms with E-state index in [1.807, 2.05) is 0 Å². The van der Waals surface area contributed by atoms with Crippen molar-refractivity contribution < 1.29 is 44.7 Å². The van der Waals surface area contributed by atoms with Crippen LogP contribution < -0.4 is 10.6 Å². The van der Waals surface area contributed by atoms with Gasteiger partial charge in [-0.15, -0.1) is 0 Å². The van der Waals surface area contributed by atoms with Crippen LogP contribution in [0, 0.1) is 0 Å². The Kier molecular flexibility index (Phi) is 12.6. The topological polar surface area (TPSA) is 101 Å². The van der Waals surface area contributed by atoms with Crippen molar-refractivity contribution in [3.05, 3.63) is 59.3 Å². The van der Waals surface area contributed by atoms with E-state index < -0.39 is 49.4 Å². The van der Waals surface area contributed by atoms with Crippen molar-refractivity contribution in [2.75, 3.05) is 0 Å². The Morgan fingerprint density at radius 1 is 0.867 bits per heavy atom. The summed E-state index contributed by atoms with van der Waals surface area (Å²) in [5, 5.41) is 9.01. The number of carbonyl (C=O) groups excluding carboxylic acids is 2. The van der Waals surface area contributed by atoms with Gasteiger partial charge in [0.15, 0.2) is 5.65 Å². The molecule has 16 heteroatoms. The smallest absolute Gasteiger partial charge is 0.352 e. The van der Waals surface area contributed by atoms with Crippen molar-refractivity contribution in [2.24, 2.45) is 0 Å². The van der Waals surface area contributed by atoms with Crippen molar-refractivity contribution in [1.82, 2.24) is 30.2 Å². The first kappa shape index (κ1) is 35.6. The van der Waals surface area contributed by atoms with Gasteiger partial charge in [0, 0.05) is 37.6 Å². The molecule has 0 aliphatic heterocycles. The van der Waals surface area contributed by atoms with Crippen LogP contribution in [0.3, 0.4) is 0 Å². The number of carbonyl (C=O) groups is 2. The van der Waals surface area contributed by atoms with Gasteiger partial charge in [-0.3, -0.25) is 14.6 Å². The maximum absolute atomic E-state index is 12.5. The Morgan fingerprint density at radius 2 is 1.53 bits per heavy atom. The summed E-state index contributed by atoms with van der Waals surface area (Å²) in [5.74, 6) is -3.69. The van der Waals surface area contributed by atoms with Crippen LogP contribution in [0.5, 0.6) is 0 Å². The molecule has 2 fully saturated rings. The van der Waals surface area contributed by atoms with Crippen molar-refractivity contribution >= 4 is 17.5 Å². The molecule has 0 unspecified atom stereocenters. The predicted octanol–water partition coefficient (Wildman–Crippen LogP) is 6.87. The molecule has 2 aliphatic carbocycles. The average Bonchev–Trinajstić information content (AvgIpc) is 3.78. The second-order valence-electron chi connectivity index (χ2n) is 10.8. The highest BCUT2D eigenvalue weighted by Gasteiger charge is 2.30. The van der Waals surface area contributed by atoms with Gasteiger partial charge < -0.3 is 10.6 Å². The number of fused-ring (bicyclic) bond motifs is 1. The van der Waals surface area contributed by atoms with Gasteiger partial charge in [0.1, 0.15) is 0 Å². The normalized spacial score (nSPS) is 15.6. The number of nitrogens with one attached hydrogen (secondary N) is 2. The molecule has 0 radical (unpaired) electrons. The van der Waals surface area contributed by atoms with E-state index in [4.69, 9.17) is 0 Å². The van der Waals surface area contributed by atoms with E-state index >= 15 is 0 Å². The number of amides is 2. The number of nitrogens with zero attached hydrogens (tertiary/aromatic N) is 4. The van der Waals surface area contributed by atoms with Gasteiger partial charge in [-0.1, -0.05) is 25.7 Å². The summed E-state index contributed by atoms with van der Waals surface area (Å²) < 4.78 is 99.9. The Morgan fingerprint density at radius 3 is 2.11 bits per heavy atom. The van der Waals surface area contributed by atoms with Gasteiger partial charge in [0.25, 0.3) is 5.91 Å². The highest BCUT2D eigenvalue weighted by molar-refractivity contribution is 5.94. The van der Waals surface area contributed by atoms with E-state index in [-0.39, 0.29) is 37.2 Å². The molecule has 3 heterocycles. The Hall–Kier alpha value is -3.85. The highest BCUT2D eigenvalue weighted by atomic mass is 19.4. The zero-order valence-electron chi connectivity index (χ0n) is 24.3. The zero-order valence-corrected chi connectivity index (χ0v) is 24.3. The van der Waals surface area contributed by atoms with E-state index in [9.17, 15) is 44.7 Å². The van der Waals surface area contributed by atoms with Gasteiger partial charge in [0.05, 0.1) is 43.2 Å². The fourth-order valence-corrected chi connectivity index (χ4v) is 3.95. The van der Waals surface area contributed by atoms with E-state index in [1.54, 1.807) is 6.07 Å². The van der Waals surface area contributed by atoms with Crippen molar-refractivity contribution in [3.8, 4) is 0 Å². The van der Waals surface area contributed by atoms with Gasteiger partial charge in [0.2, 0.25) is 11.8 Å². The summed E-state index contributed by atoms with van der Waals surface area (Å²) in [7, 11) is 0. The Bertz CT molecular complexity index is 1390. The minimum Gasteiger partial charge on any atom is -0.352 e. The van der Waals surface area contributed by atoms with Gasteiger partial charge >= 0.3 is 12.4 Å². The number of imidazole rings is 1. The number of hydrogen-bond acceptors (Lipinski definition) is 5. The Labute approximate surface area is 254 Å². The largest absolute Gasteiger partial charge is 0.394 e. The molecule has 0 spiro atoms. The average molecular weight is 651 g/mol. The minimum absolute atomic E-state index is 0.0136. The highest BCUT2D eigenvalue weighted by Crippen LogP contribution is 2.32. The van der Waals surface area contributed by atoms with Crippen LogP contribution in [-0.2, 0) is 24.3 Å². The van der Waals surface area contributed by atoms with Crippen molar-refractivity contribution in [3.63, 3.8) is 0 Å². The molecule has 45 heavy (non-hydrogen) atoms. The molecule has 248 valence electrons. The molecular formula is C29H34F8N6O2. The molecule has 3 aromatic rings. The molecule has 0 bridgehead atoms. The lowest BCUT2D eigenvalue weighted by Gasteiger charge is -2.20. The Balaban J connectivity index is 0.000000418.